The standard InChI is InChI=1S/C9H14OS/c1-7-6-8(10-3)4-5-9(7,2)11/h4-7,11H,1-3H3. The molecule has 11 heavy (non-hydrogen) atoms. The normalized spacial score (nSPS) is 36.7. The Morgan fingerprint density at radius 3 is 2.73 bits per heavy atom. The van der Waals surface area contributed by atoms with Crippen molar-refractivity contribution < 1.29 is 4.74 Å². The number of methoxy groups -OCH3 is 1. The molecule has 0 aromatic carbocycles. The van der Waals surface area contributed by atoms with E-state index < -0.39 is 0 Å². The van der Waals surface area contributed by atoms with Gasteiger partial charge in [-0.15, -0.1) is 0 Å². The van der Waals surface area contributed by atoms with Gasteiger partial charge in [-0.25, -0.2) is 0 Å². The summed E-state index contributed by atoms with van der Waals surface area (Å²) in [5.41, 5.74) is 0. The zero-order chi connectivity index (χ0) is 8.48. The predicted molar refractivity (Wildman–Crippen MR) is 50.8 cm³/mol. The van der Waals surface area contributed by atoms with Gasteiger partial charge in [-0.05, 0) is 25.0 Å². The minimum Gasteiger partial charge on any atom is -0.497 e. The number of allylic oxidation sites excluding steroid dienone is 2. The summed E-state index contributed by atoms with van der Waals surface area (Å²) in [5, 5.41) is 0. The summed E-state index contributed by atoms with van der Waals surface area (Å²) in [6.45, 7) is 4.23. The molecule has 0 amide bonds. The van der Waals surface area contributed by atoms with Crippen LogP contribution in [0.3, 0.4) is 0 Å². The van der Waals surface area contributed by atoms with Gasteiger partial charge < -0.3 is 4.74 Å². The third kappa shape index (κ3) is 1.80. The molecule has 1 aliphatic rings. The van der Waals surface area contributed by atoms with Crippen LogP contribution < -0.4 is 0 Å². The molecule has 0 bridgehead atoms. The first-order valence-corrected chi connectivity index (χ1v) is 4.18. The Bertz CT molecular complexity index is 204. The molecule has 0 heterocycles. The Labute approximate surface area is 73.5 Å². The zero-order valence-corrected chi connectivity index (χ0v) is 8.06. The molecule has 2 atom stereocenters. The Balaban J connectivity index is 2.80. The second-order valence-electron chi connectivity index (χ2n) is 3.12. The Hall–Kier alpha value is -0.370. The Morgan fingerprint density at radius 2 is 2.27 bits per heavy atom. The third-order valence-electron chi connectivity index (χ3n) is 2.16. The van der Waals surface area contributed by atoms with E-state index in [2.05, 4.69) is 38.6 Å². The number of hydrogen-bond acceptors (Lipinski definition) is 2. The maximum Gasteiger partial charge on any atom is 0.114 e. The van der Waals surface area contributed by atoms with E-state index in [1.54, 1.807) is 7.11 Å². The van der Waals surface area contributed by atoms with Crippen LogP contribution >= 0.6 is 12.6 Å². The SMILES string of the molecule is COC1=CC(C)C(C)(S)C=C1. The maximum absolute atomic E-state index is 5.10. The second-order valence-corrected chi connectivity index (χ2v) is 4.08. The number of thiol groups is 1. The fraction of sp³-hybridized carbons (Fsp3) is 0.556. The average molecular weight is 170 g/mol. The smallest absolute Gasteiger partial charge is 0.114 e. The van der Waals surface area contributed by atoms with Crippen LogP contribution in [0.1, 0.15) is 13.8 Å². The molecule has 0 N–H and O–H groups in total. The summed E-state index contributed by atoms with van der Waals surface area (Å²) >= 11 is 4.51. The fourth-order valence-corrected chi connectivity index (χ4v) is 1.16. The van der Waals surface area contributed by atoms with Crippen LogP contribution in [0.15, 0.2) is 24.0 Å². The number of ether oxygens (including phenoxy) is 1. The van der Waals surface area contributed by atoms with E-state index >= 15 is 0 Å². The van der Waals surface area contributed by atoms with Crippen molar-refractivity contribution in [3.8, 4) is 0 Å². The molecule has 2 unspecified atom stereocenters. The van der Waals surface area contributed by atoms with Gasteiger partial charge in [0.05, 0.1) is 7.11 Å². The number of hydrogen-bond donors (Lipinski definition) is 1. The highest BCUT2D eigenvalue weighted by Gasteiger charge is 2.25. The molecule has 0 fully saturated rings. The van der Waals surface area contributed by atoms with Gasteiger partial charge in [0.25, 0.3) is 0 Å². The minimum atomic E-state index is -0.0258. The van der Waals surface area contributed by atoms with Crippen LogP contribution in [-0.2, 0) is 4.74 Å². The lowest BCUT2D eigenvalue weighted by atomic mass is 9.90. The van der Waals surface area contributed by atoms with E-state index in [0.29, 0.717) is 5.92 Å². The first kappa shape index (κ1) is 8.72. The summed E-state index contributed by atoms with van der Waals surface area (Å²) in [7, 11) is 1.68. The molecule has 1 aliphatic carbocycles. The van der Waals surface area contributed by atoms with Crippen LogP contribution in [-0.4, -0.2) is 11.9 Å². The lowest BCUT2D eigenvalue weighted by Crippen LogP contribution is -2.24. The Morgan fingerprint density at radius 1 is 1.64 bits per heavy atom. The van der Waals surface area contributed by atoms with Gasteiger partial charge in [0, 0.05) is 4.75 Å². The molecule has 0 radical (unpaired) electrons. The van der Waals surface area contributed by atoms with Crippen LogP contribution in [0.4, 0.5) is 0 Å². The maximum atomic E-state index is 5.10. The molecule has 1 nitrogen and oxygen atoms in total. The van der Waals surface area contributed by atoms with Crippen LogP contribution in [0.5, 0.6) is 0 Å². The van der Waals surface area contributed by atoms with E-state index in [1.807, 2.05) is 6.08 Å². The average Bonchev–Trinajstić information content (AvgIpc) is 1.95. The van der Waals surface area contributed by atoms with Crippen LogP contribution in [0.25, 0.3) is 0 Å². The first-order valence-electron chi connectivity index (χ1n) is 3.73. The largest absolute Gasteiger partial charge is 0.497 e. The molecule has 62 valence electrons. The van der Waals surface area contributed by atoms with Crippen molar-refractivity contribution in [1.29, 1.82) is 0 Å². The predicted octanol–water partition coefficient (Wildman–Crippen LogP) is 2.41. The molecule has 0 aromatic heterocycles. The lowest BCUT2D eigenvalue weighted by molar-refractivity contribution is 0.298. The summed E-state index contributed by atoms with van der Waals surface area (Å²) in [5.74, 6) is 1.36. The monoisotopic (exact) mass is 170 g/mol. The van der Waals surface area contributed by atoms with E-state index in [1.165, 1.54) is 0 Å². The van der Waals surface area contributed by atoms with Crippen LogP contribution in [0.2, 0.25) is 0 Å². The molecule has 1 rings (SSSR count). The zero-order valence-electron chi connectivity index (χ0n) is 7.16. The van der Waals surface area contributed by atoms with Gasteiger partial charge in [-0.2, -0.15) is 12.6 Å². The molecule has 0 aliphatic heterocycles. The number of rotatable bonds is 1. The second kappa shape index (κ2) is 2.94. The molecule has 2 heteroatoms. The lowest BCUT2D eigenvalue weighted by Gasteiger charge is -2.28. The molecule has 0 saturated carbocycles. The summed E-state index contributed by atoms with van der Waals surface area (Å²) < 4.78 is 5.07. The van der Waals surface area contributed by atoms with Crippen LogP contribution in [0, 0.1) is 5.92 Å². The van der Waals surface area contributed by atoms with E-state index in [-0.39, 0.29) is 4.75 Å². The topological polar surface area (TPSA) is 9.23 Å². The Kier molecular flexibility index (Phi) is 2.33. The van der Waals surface area contributed by atoms with Gasteiger partial charge in [0.15, 0.2) is 0 Å². The molecule has 0 spiro atoms. The highest BCUT2D eigenvalue weighted by atomic mass is 32.1. The highest BCUT2D eigenvalue weighted by molar-refractivity contribution is 7.82. The van der Waals surface area contributed by atoms with Gasteiger partial charge in [0.2, 0.25) is 0 Å². The minimum absolute atomic E-state index is 0.0258. The highest BCUT2D eigenvalue weighted by Crippen LogP contribution is 2.31. The van der Waals surface area contributed by atoms with Crippen molar-refractivity contribution in [2.24, 2.45) is 5.92 Å². The molecular formula is C9H14OS. The molecule has 0 aromatic rings. The molecule has 0 saturated heterocycles. The van der Waals surface area contributed by atoms with Crippen molar-refractivity contribution in [2.75, 3.05) is 7.11 Å². The van der Waals surface area contributed by atoms with Crippen molar-refractivity contribution >= 4 is 12.6 Å². The van der Waals surface area contributed by atoms with Crippen molar-refractivity contribution in [3.63, 3.8) is 0 Å². The van der Waals surface area contributed by atoms with Gasteiger partial charge >= 0.3 is 0 Å². The van der Waals surface area contributed by atoms with Crippen molar-refractivity contribution in [2.45, 2.75) is 18.6 Å². The van der Waals surface area contributed by atoms with Crippen molar-refractivity contribution in [3.05, 3.63) is 24.0 Å². The van der Waals surface area contributed by atoms with E-state index in [4.69, 9.17) is 4.74 Å². The summed E-state index contributed by atoms with van der Waals surface area (Å²) in [6.07, 6.45) is 6.12. The fourth-order valence-electron chi connectivity index (χ4n) is 1.01. The summed E-state index contributed by atoms with van der Waals surface area (Å²) in [6, 6.07) is 0. The van der Waals surface area contributed by atoms with Gasteiger partial charge in [-0.3, -0.25) is 0 Å². The van der Waals surface area contributed by atoms with Gasteiger partial charge in [0.1, 0.15) is 5.76 Å². The van der Waals surface area contributed by atoms with E-state index in [9.17, 15) is 0 Å². The molecular weight excluding hydrogens is 156 g/mol. The first-order chi connectivity index (χ1) is 5.06. The quantitative estimate of drug-likeness (QED) is 0.595. The summed E-state index contributed by atoms with van der Waals surface area (Å²) in [4.78, 5) is 0. The van der Waals surface area contributed by atoms with E-state index in [0.717, 1.165) is 5.76 Å². The third-order valence-corrected chi connectivity index (χ3v) is 2.71. The van der Waals surface area contributed by atoms with Crippen molar-refractivity contribution in [1.82, 2.24) is 0 Å². The van der Waals surface area contributed by atoms with Gasteiger partial charge in [-0.1, -0.05) is 13.0 Å².